The van der Waals surface area contributed by atoms with Crippen LogP contribution in [-0.2, 0) is 29.0 Å². The van der Waals surface area contributed by atoms with Crippen LogP contribution >= 0.6 is 0 Å². The van der Waals surface area contributed by atoms with Crippen LogP contribution in [0, 0.1) is 11.8 Å². The quantitative estimate of drug-likeness (QED) is 0.307. The highest BCUT2D eigenvalue weighted by Gasteiger charge is 2.30. The summed E-state index contributed by atoms with van der Waals surface area (Å²) in [6.45, 7) is 5.19. The lowest BCUT2D eigenvalue weighted by atomic mass is 9.96. The lowest BCUT2D eigenvalue weighted by molar-refractivity contribution is -0.139. The summed E-state index contributed by atoms with van der Waals surface area (Å²) in [5, 5.41) is 10.8. The molecule has 2 unspecified atom stereocenters. The highest BCUT2D eigenvalue weighted by atomic mass is 32.2. The van der Waals surface area contributed by atoms with Gasteiger partial charge < -0.3 is 14.9 Å². The van der Waals surface area contributed by atoms with Crippen molar-refractivity contribution < 1.29 is 23.5 Å². The molecule has 10 heteroatoms. The number of piperazine rings is 1. The van der Waals surface area contributed by atoms with Crippen LogP contribution in [-0.4, -0.2) is 78.8 Å². The van der Waals surface area contributed by atoms with Crippen LogP contribution in [0.25, 0.3) is 0 Å². The number of rotatable bonds is 8. The number of hydrazine groups is 1. The number of hydrogen-bond donors (Lipinski definition) is 2. The summed E-state index contributed by atoms with van der Waals surface area (Å²) < 4.78 is 22.9. The molecule has 0 bridgehead atoms. The van der Waals surface area contributed by atoms with E-state index in [-0.39, 0.29) is 12.3 Å². The molecule has 0 aromatic heterocycles. The maximum Gasteiger partial charge on any atom is 0.305 e. The van der Waals surface area contributed by atoms with Crippen LogP contribution in [0.3, 0.4) is 0 Å². The van der Waals surface area contributed by atoms with Gasteiger partial charge in [-0.25, -0.2) is 9.22 Å². The van der Waals surface area contributed by atoms with E-state index in [1.807, 2.05) is 77.7 Å². The Hall–Kier alpha value is -4.01. The van der Waals surface area contributed by atoms with E-state index in [1.54, 1.807) is 11.9 Å². The van der Waals surface area contributed by atoms with E-state index < -0.39 is 23.3 Å². The summed E-state index contributed by atoms with van der Waals surface area (Å²) in [6.07, 6.45) is 0.609. The Morgan fingerprint density at radius 3 is 2.29 bits per heavy atom. The first-order chi connectivity index (χ1) is 20.3. The molecule has 2 aliphatic rings. The van der Waals surface area contributed by atoms with Gasteiger partial charge in [0.1, 0.15) is 0 Å². The second-order valence-corrected chi connectivity index (χ2v) is 11.4. The van der Waals surface area contributed by atoms with E-state index >= 15 is 0 Å². The molecule has 9 nitrogen and oxygen atoms in total. The van der Waals surface area contributed by atoms with E-state index in [9.17, 15) is 18.4 Å². The smallest absolute Gasteiger partial charge is 0.305 e. The van der Waals surface area contributed by atoms with Crippen LogP contribution in [0.1, 0.15) is 46.0 Å². The summed E-state index contributed by atoms with van der Waals surface area (Å²) in [5.74, 6) is 5.45. The van der Waals surface area contributed by atoms with Gasteiger partial charge in [-0.1, -0.05) is 48.2 Å². The highest BCUT2D eigenvalue weighted by molar-refractivity contribution is 7.76. The third kappa shape index (κ3) is 7.06. The number of anilines is 1. The molecule has 1 saturated heterocycles. The molecule has 2 aliphatic heterocycles. The third-order valence-electron chi connectivity index (χ3n) is 7.62. The molecular weight excluding hydrogens is 552 g/mol. The first kappa shape index (κ1) is 29.5. The van der Waals surface area contributed by atoms with E-state index in [2.05, 4.69) is 16.7 Å². The molecule has 0 radical (unpaired) electrons. The minimum atomic E-state index is -2.30. The Morgan fingerprint density at radius 1 is 0.952 bits per heavy atom. The van der Waals surface area contributed by atoms with Crippen molar-refractivity contribution in [1.29, 1.82) is 0 Å². The summed E-state index contributed by atoms with van der Waals surface area (Å²) in [6, 6.07) is 23.2. The van der Waals surface area contributed by atoms with E-state index in [1.165, 1.54) is 4.41 Å². The Balaban J connectivity index is 1.20. The molecule has 3 aromatic carbocycles. The van der Waals surface area contributed by atoms with E-state index in [0.29, 0.717) is 39.3 Å². The van der Waals surface area contributed by atoms with Crippen molar-refractivity contribution in [2.75, 3.05) is 37.6 Å². The largest absolute Gasteiger partial charge is 0.481 e. The van der Waals surface area contributed by atoms with Crippen molar-refractivity contribution in [3.8, 4) is 11.8 Å². The van der Waals surface area contributed by atoms with Crippen LogP contribution in [0.2, 0.25) is 0 Å². The van der Waals surface area contributed by atoms with Crippen molar-refractivity contribution in [3.63, 3.8) is 0 Å². The second-order valence-electron chi connectivity index (χ2n) is 10.6. The fraction of sp³-hybridized carbons (Fsp3) is 0.312. The molecule has 42 heavy (non-hydrogen) atoms. The monoisotopic (exact) mass is 586 g/mol. The number of benzene rings is 3. The number of carbonyl (C=O) groups is 2. The molecule has 1 fully saturated rings. The summed E-state index contributed by atoms with van der Waals surface area (Å²) >= 11 is -2.30. The zero-order valence-electron chi connectivity index (χ0n) is 23.5. The maximum atomic E-state index is 13.2. The number of carboxylic acids is 1. The van der Waals surface area contributed by atoms with Gasteiger partial charge in [0.15, 0.2) is 0 Å². The Morgan fingerprint density at radius 2 is 1.62 bits per heavy atom. The van der Waals surface area contributed by atoms with Gasteiger partial charge in [0, 0.05) is 67.7 Å². The Kier molecular flexibility index (Phi) is 9.35. The molecule has 3 aromatic rings. The molecule has 2 atom stereocenters. The first-order valence-electron chi connectivity index (χ1n) is 14.0. The predicted octanol–water partition coefficient (Wildman–Crippen LogP) is 3.62. The summed E-state index contributed by atoms with van der Waals surface area (Å²) in [4.78, 5) is 28.4. The number of aliphatic carboxylic acids is 1. The molecule has 0 saturated carbocycles. The maximum absolute atomic E-state index is 13.2. The predicted molar refractivity (Wildman–Crippen MR) is 162 cm³/mol. The van der Waals surface area contributed by atoms with Crippen molar-refractivity contribution in [2.45, 2.75) is 32.4 Å². The lowest BCUT2D eigenvalue weighted by Gasteiger charge is -2.41. The Bertz CT molecular complexity index is 1510. The fourth-order valence-corrected chi connectivity index (χ4v) is 6.21. The van der Waals surface area contributed by atoms with Gasteiger partial charge >= 0.3 is 5.97 Å². The normalized spacial score (nSPS) is 16.9. The SMILES string of the molecule is CC(CC(=O)O)N(N1CCN(c2ccc(C#Cc3ccc4c(c3)C(=O)N(Cc3ccccc3)CC4)cc2)CC1)S(=O)O. The van der Waals surface area contributed by atoms with Gasteiger partial charge in [0.2, 0.25) is 11.3 Å². The minimum Gasteiger partial charge on any atom is -0.481 e. The number of amides is 1. The molecular formula is C32H34N4O5S. The average molecular weight is 587 g/mol. The van der Waals surface area contributed by atoms with Gasteiger partial charge in [-0.3, -0.25) is 14.1 Å². The molecule has 1 amide bonds. The molecule has 2 N–H and O–H groups in total. The second kappa shape index (κ2) is 13.3. The van der Waals surface area contributed by atoms with Crippen LogP contribution < -0.4 is 4.90 Å². The van der Waals surface area contributed by atoms with Gasteiger partial charge in [-0.05, 0) is 60.9 Å². The number of fused-ring (bicyclic) bond motifs is 1. The average Bonchev–Trinajstić information content (AvgIpc) is 2.98. The van der Waals surface area contributed by atoms with Crippen molar-refractivity contribution >= 4 is 28.8 Å². The van der Waals surface area contributed by atoms with Gasteiger partial charge in [-0.15, -0.1) is 4.41 Å². The van der Waals surface area contributed by atoms with Gasteiger partial charge in [0.05, 0.1) is 6.42 Å². The van der Waals surface area contributed by atoms with Gasteiger partial charge in [0.25, 0.3) is 5.91 Å². The first-order valence-corrected chi connectivity index (χ1v) is 15.0. The standard InChI is InChI=1S/C32H34N4O5S/c1-24(21-31(37)38)36(42(40)41)35-19-17-33(18-20-35)29-13-10-25(11-14-29)7-8-26-9-12-28-15-16-34(32(39)30(28)22-26)23-27-5-3-2-4-6-27/h2-6,9-14,22,24H,15-21,23H2,1H3,(H,37,38)(H,40,41). The lowest BCUT2D eigenvalue weighted by Crippen LogP contribution is -2.57. The molecule has 5 rings (SSSR count). The van der Waals surface area contributed by atoms with Crippen molar-refractivity contribution in [3.05, 3.63) is 101 Å². The summed E-state index contributed by atoms with van der Waals surface area (Å²) in [7, 11) is 0. The van der Waals surface area contributed by atoms with E-state index in [4.69, 9.17) is 5.11 Å². The molecule has 2 heterocycles. The zero-order valence-corrected chi connectivity index (χ0v) is 24.3. The summed E-state index contributed by atoms with van der Waals surface area (Å²) in [5.41, 5.74) is 5.57. The van der Waals surface area contributed by atoms with Crippen LogP contribution in [0.5, 0.6) is 0 Å². The van der Waals surface area contributed by atoms with Crippen LogP contribution in [0.4, 0.5) is 5.69 Å². The van der Waals surface area contributed by atoms with Gasteiger partial charge in [-0.2, -0.15) is 0 Å². The zero-order chi connectivity index (χ0) is 29.6. The minimum absolute atomic E-state index is 0.0397. The number of hydrogen-bond acceptors (Lipinski definition) is 5. The van der Waals surface area contributed by atoms with E-state index in [0.717, 1.165) is 39.9 Å². The number of nitrogens with zero attached hydrogens (tertiary/aromatic N) is 4. The molecule has 218 valence electrons. The molecule has 0 aliphatic carbocycles. The number of carboxylic acid groups (broad SMARTS) is 1. The fourth-order valence-electron chi connectivity index (χ4n) is 5.47. The molecule has 0 spiro atoms. The number of carbonyl (C=O) groups excluding carboxylic acids is 1. The third-order valence-corrected chi connectivity index (χ3v) is 8.53. The van der Waals surface area contributed by atoms with Crippen molar-refractivity contribution in [1.82, 2.24) is 14.3 Å². The van der Waals surface area contributed by atoms with Crippen LogP contribution in [0.15, 0.2) is 72.8 Å². The Labute approximate surface area is 248 Å². The van der Waals surface area contributed by atoms with Crippen molar-refractivity contribution in [2.24, 2.45) is 0 Å². The highest BCUT2D eigenvalue weighted by Crippen LogP contribution is 2.23. The topological polar surface area (TPSA) is 105 Å².